The van der Waals surface area contributed by atoms with E-state index in [0.717, 1.165) is 25.7 Å². The summed E-state index contributed by atoms with van der Waals surface area (Å²) in [6, 6.07) is -0.00347. The van der Waals surface area contributed by atoms with Gasteiger partial charge in [0.2, 0.25) is 0 Å². The molecule has 0 heterocycles. The molecule has 0 radical (unpaired) electrons. The molecule has 3 atom stereocenters. The van der Waals surface area contributed by atoms with Crippen molar-refractivity contribution in [3.8, 4) is 0 Å². The van der Waals surface area contributed by atoms with E-state index in [4.69, 9.17) is 5.73 Å². The average molecular weight is 157 g/mol. The lowest BCUT2D eigenvalue weighted by Gasteiger charge is -2.39. The van der Waals surface area contributed by atoms with Gasteiger partial charge in [0.15, 0.2) is 0 Å². The zero-order valence-electron chi connectivity index (χ0n) is 7.51. The van der Waals surface area contributed by atoms with Crippen molar-refractivity contribution < 1.29 is 5.11 Å². The van der Waals surface area contributed by atoms with E-state index in [0.29, 0.717) is 5.92 Å². The van der Waals surface area contributed by atoms with E-state index >= 15 is 0 Å². The Kier molecular flexibility index (Phi) is 2.55. The normalized spacial score (nSPS) is 45.8. The number of hydrogen-bond acceptors (Lipinski definition) is 2. The Balaban J connectivity index is 2.56. The molecule has 0 aromatic heterocycles. The molecular formula is C9H19NO. The molecule has 1 fully saturated rings. The van der Waals surface area contributed by atoms with Crippen molar-refractivity contribution in [1.82, 2.24) is 0 Å². The van der Waals surface area contributed by atoms with Gasteiger partial charge in [-0.1, -0.05) is 13.8 Å². The van der Waals surface area contributed by atoms with E-state index in [2.05, 4.69) is 6.92 Å². The molecular weight excluding hydrogens is 138 g/mol. The fourth-order valence-electron chi connectivity index (χ4n) is 1.89. The Bertz CT molecular complexity index is 138. The van der Waals surface area contributed by atoms with Crippen molar-refractivity contribution in [3.05, 3.63) is 0 Å². The Hall–Kier alpha value is -0.0800. The molecule has 1 aliphatic carbocycles. The second-order valence-electron chi connectivity index (χ2n) is 3.94. The van der Waals surface area contributed by atoms with Gasteiger partial charge < -0.3 is 10.8 Å². The minimum absolute atomic E-state index is 0.00347. The summed E-state index contributed by atoms with van der Waals surface area (Å²) >= 11 is 0. The minimum atomic E-state index is -0.563. The second-order valence-corrected chi connectivity index (χ2v) is 3.94. The lowest BCUT2D eigenvalue weighted by molar-refractivity contribution is -0.0284. The maximum atomic E-state index is 9.94. The number of rotatable bonds is 1. The van der Waals surface area contributed by atoms with Crippen LogP contribution in [0.3, 0.4) is 0 Å². The lowest BCUT2D eigenvalue weighted by Crippen LogP contribution is -2.51. The predicted octanol–water partition coefficient (Wildman–Crippen LogP) is 1.27. The number of hydrogen-bond donors (Lipinski definition) is 2. The number of aliphatic hydroxyl groups is 1. The highest BCUT2D eigenvalue weighted by molar-refractivity contribution is 4.93. The van der Waals surface area contributed by atoms with Crippen LogP contribution in [0.1, 0.15) is 39.5 Å². The summed E-state index contributed by atoms with van der Waals surface area (Å²) < 4.78 is 0. The molecule has 0 saturated heterocycles. The Morgan fingerprint density at radius 2 is 2.27 bits per heavy atom. The molecule has 2 nitrogen and oxygen atoms in total. The molecule has 1 saturated carbocycles. The van der Waals surface area contributed by atoms with Crippen molar-refractivity contribution in [2.45, 2.75) is 51.2 Å². The van der Waals surface area contributed by atoms with Gasteiger partial charge in [-0.15, -0.1) is 0 Å². The molecule has 66 valence electrons. The first kappa shape index (κ1) is 9.01. The van der Waals surface area contributed by atoms with Gasteiger partial charge in [-0.3, -0.25) is 0 Å². The van der Waals surface area contributed by atoms with E-state index in [1.165, 1.54) is 0 Å². The molecule has 0 spiro atoms. The quantitative estimate of drug-likeness (QED) is 0.602. The van der Waals surface area contributed by atoms with Crippen LogP contribution >= 0.6 is 0 Å². The van der Waals surface area contributed by atoms with Crippen LogP contribution in [0.5, 0.6) is 0 Å². The van der Waals surface area contributed by atoms with Crippen molar-refractivity contribution in [3.63, 3.8) is 0 Å². The Morgan fingerprint density at radius 3 is 2.73 bits per heavy atom. The van der Waals surface area contributed by atoms with Gasteiger partial charge in [0.1, 0.15) is 0 Å². The topological polar surface area (TPSA) is 46.2 Å². The Morgan fingerprint density at radius 1 is 1.64 bits per heavy atom. The van der Waals surface area contributed by atoms with E-state index < -0.39 is 5.60 Å². The molecule has 11 heavy (non-hydrogen) atoms. The third-order valence-electron chi connectivity index (χ3n) is 3.03. The molecule has 0 aromatic carbocycles. The van der Waals surface area contributed by atoms with Crippen molar-refractivity contribution in [2.75, 3.05) is 0 Å². The van der Waals surface area contributed by atoms with Gasteiger partial charge >= 0.3 is 0 Å². The van der Waals surface area contributed by atoms with Gasteiger partial charge in [-0.05, 0) is 31.6 Å². The summed E-state index contributed by atoms with van der Waals surface area (Å²) in [6.07, 6.45) is 3.77. The molecule has 1 rings (SSSR count). The summed E-state index contributed by atoms with van der Waals surface area (Å²) in [4.78, 5) is 0. The van der Waals surface area contributed by atoms with Crippen LogP contribution in [0.2, 0.25) is 0 Å². The Labute approximate surface area is 68.8 Å². The zero-order chi connectivity index (χ0) is 8.48. The third-order valence-corrected chi connectivity index (χ3v) is 3.03. The highest BCUT2D eigenvalue weighted by Gasteiger charge is 2.36. The molecule has 2 heteroatoms. The second kappa shape index (κ2) is 3.11. The molecule has 0 aliphatic heterocycles. The van der Waals surface area contributed by atoms with Gasteiger partial charge in [0, 0.05) is 6.04 Å². The third kappa shape index (κ3) is 1.74. The molecule has 1 aliphatic rings. The predicted molar refractivity (Wildman–Crippen MR) is 46.2 cm³/mol. The van der Waals surface area contributed by atoms with E-state index in [1.54, 1.807) is 0 Å². The van der Waals surface area contributed by atoms with Crippen molar-refractivity contribution in [2.24, 2.45) is 11.7 Å². The smallest absolute Gasteiger partial charge is 0.0795 e. The number of nitrogens with two attached hydrogens (primary N) is 1. The van der Waals surface area contributed by atoms with Crippen molar-refractivity contribution >= 4 is 0 Å². The van der Waals surface area contributed by atoms with Gasteiger partial charge in [-0.25, -0.2) is 0 Å². The first-order valence-corrected chi connectivity index (χ1v) is 4.56. The summed E-state index contributed by atoms with van der Waals surface area (Å²) in [7, 11) is 0. The highest BCUT2D eigenvalue weighted by atomic mass is 16.3. The van der Waals surface area contributed by atoms with Crippen molar-refractivity contribution in [1.29, 1.82) is 0 Å². The molecule has 0 aromatic rings. The summed E-state index contributed by atoms with van der Waals surface area (Å²) in [5, 5.41) is 9.94. The fraction of sp³-hybridized carbons (Fsp3) is 1.00. The molecule has 0 bridgehead atoms. The van der Waals surface area contributed by atoms with E-state index in [1.807, 2.05) is 6.92 Å². The lowest BCUT2D eigenvalue weighted by atomic mass is 9.75. The summed E-state index contributed by atoms with van der Waals surface area (Å²) in [6.45, 7) is 4.21. The molecule has 3 unspecified atom stereocenters. The van der Waals surface area contributed by atoms with Gasteiger partial charge in [0.25, 0.3) is 0 Å². The minimum Gasteiger partial charge on any atom is -0.388 e. The maximum absolute atomic E-state index is 9.94. The average Bonchev–Trinajstić information content (AvgIpc) is 1.98. The highest BCUT2D eigenvalue weighted by Crippen LogP contribution is 2.32. The fourth-order valence-corrected chi connectivity index (χ4v) is 1.89. The molecule has 3 N–H and O–H groups in total. The van der Waals surface area contributed by atoms with Gasteiger partial charge in [-0.2, -0.15) is 0 Å². The maximum Gasteiger partial charge on any atom is 0.0795 e. The molecule has 0 amide bonds. The van der Waals surface area contributed by atoms with E-state index in [-0.39, 0.29) is 6.04 Å². The first-order valence-electron chi connectivity index (χ1n) is 4.56. The summed E-state index contributed by atoms with van der Waals surface area (Å²) in [5.41, 5.74) is 5.30. The van der Waals surface area contributed by atoms with Crippen LogP contribution in [0.25, 0.3) is 0 Å². The van der Waals surface area contributed by atoms with Crippen LogP contribution in [0.4, 0.5) is 0 Å². The zero-order valence-corrected chi connectivity index (χ0v) is 7.51. The van der Waals surface area contributed by atoms with E-state index in [9.17, 15) is 5.11 Å². The van der Waals surface area contributed by atoms with Crippen LogP contribution in [0.15, 0.2) is 0 Å². The SMILES string of the molecule is CCC1(O)CCC(C)CC1N. The van der Waals surface area contributed by atoms with Crippen LogP contribution in [-0.4, -0.2) is 16.7 Å². The monoisotopic (exact) mass is 157 g/mol. The van der Waals surface area contributed by atoms with Crippen LogP contribution in [0, 0.1) is 5.92 Å². The van der Waals surface area contributed by atoms with Crippen LogP contribution < -0.4 is 5.73 Å². The summed E-state index contributed by atoms with van der Waals surface area (Å²) in [5.74, 6) is 0.692. The van der Waals surface area contributed by atoms with Gasteiger partial charge in [0.05, 0.1) is 5.60 Å². The van der Waals surface area contributed by atoms with Crippen LogP contribution in [-0.2, 0) is 0 Å². The first-order chi connectivity index (χ1) is 5.08. The largest absolute Gasteiger partial charge is 0.388 e. The standard InChI is InChI=1S/C9H19NO/c1-3-9(11)5-4-7(2)6-8(9)10/h7-8,11H,3-6,10H2,1-2H3.